The zero-order valence-electron chi connectivity index (χ0n) is 9.97. The summed E-state index contributed by atoms with van der Waals surface area (Å²) in [6, 6.07) is 5.74. The van der Waals surface area contributed by atoms with Gasteiger partial charge in [0.25, 0.3) is 0 Å². The fourth-order valence-electron chi connectivity index (χ4n) is 1.52. The van der Waals surface area contributed by atoms with Crippen molar-refractivity contribution < 1.29 is 9.52 Å². The minimum absolute atomic E-state index is 0.324. The van der Waals surface area contributed by atoms with Crippen molar-refractivity contribution in [1.29, 1.82) is 5.26 Å². The molecule has 4 nitrogen and oxygen atoms in total. The number of hydrogen-bond acceptors (Lipinski definition) is 4. The Morgan fingerprint density at radius 1 is 1.44 bits per heavy atom. The Hall–Kier alpha value is -1.31. The van der Waals surface area contributed by atoms with E-state index in [9.17, 15) is 5.11 Å². The predicted molar refractivity (Wildman–Crippen MR) is 60.6 cm³/mol. The van der Waals surface area contributed by atoms with Crippen LogP contribution >= 0.6 is 0 Å². The number of hydrogen-bond donors (Lipinski definition) is 1. The van der Waals surface area contributed by atoms with E-state index in [0.717, 1.165) is 5.76 Å². The van der Waals surface area contributed by atoms with Crippen LogP contribution in [0.5, 0.6) is 0 Å². The molecule has 1 heterocycles. The van der Waals surface area contributed by atoms with Crippen molar-refractivity contribution in [2.75, 3.05) is 6.54 Å². The van der Waals surface area contributed by atoms with Gasteiger partial charge in [-0.3, -0.25) is 4.90 Å². The number of furan rings is 1. The SMILES string of the molecule is CC(O)CN(Cc1ccc(C#N)o1)C(C)C. The normalized spacial score (nSPS) is 13.1. The van der Waals surface area contributed by atoms with Crippen LogP contribution in [0, 0.1) is 11.3 Å². The van der Waals surface area contributed by atoms with Crippen molar-refractivity contribution in [2.45, 2.75) is 39.5 Å². The summed E-state index contributed by atoms with van der Waals surface area (Å²) < 4.78 is 5.31. The lowest BCUT2D eigenvalue weighted by atomic mass is 10.2. The van der Waals surface area contributed by atoms with Gasteiger partial charge in [0, 0.05) is 12.6 Å². The van der Waals surface area contributed by atoms with E-state index in [-0.39, 0.29) is 6.10 Å². The average molecular weight is 222 g/mol. The van der Waals surface area contributed by atoms with Crippen molar-refractivity contribution >= 4 is 0 Å². The molecule has 0 radical (unpaired) electrons. The zero-order chi connectivity index (χ0) is 12.1. The third-order valence-electron chi connectivity index (χ3n) is 2.36. The minimum atomic E-state index is -0.368. The average Bonchev–Trinajstić information content (AvgIpc) is 2.63. The van der Waals surface area contributed by atoms with Gasteiger partial charge in [-0.15, -0.1) is 0 Å². The Labute approximate surface area is 96.1 Å². The van der Waals surface area contributed by atoms with Crippen molar-refractivity contribution in [3.05, 3.63) is 23.7 Å². The first-order chi connectivity index (χ1) is 7.52. The van der Waals surface area contributed by atoms with Gasteiger partial charge in [-0.05, 0) is 32.9 Å². The van der Waals surface area contributed by atoms with Crippen LogP contribution in [0.3, 0.4) is 0 Å². The molecule has 0 aliphatic heterocycles. The fraction of sp³-hybridized carbons (Fsp3) is 0.583. The van der Waals surface area contributed by atoms with Crippen LogP contribution < -0.4 is 0 Å². The monoisotopic (exact) mass is 222 g/mol. The van der Waals surface area contributed by atoms with Gasteiger partial charge in [0.2, 0.25) is 5.76 Å². The maximum Gasteiger partial charge on any atom is 0.203 e. The molecule has 1 aromatic rings. The molecule has 1 N–H and O–H groups in total. The summed E-state index contributed by atoms with van der Waals surface area (Å²) in [6.07, 6.45) is -0.368. The van der Waals surface area contributed by atoms with Crippen LogP contribution in [0.15, 0.2) is 16.5 Å². The van der Waals surface area contributed by atoms with E-state index in [1.807, 2.05) is 6.07 Å². The molecule has 0 amide bonds. The van der Waals surface area contributed by atoms with Gasteiger partial charge in [-0.2, -0.15) is 5.26 Å². The van der Waals surface area contributed by atoms with Crippen LogP contribution in [0.25, 0.3) is 0 Å². The van der Waals surface area contributed by atoms with Gasteiger partial charge in [0.05, 0.1) is 12.6 Å². The van der Waals surface area contributed by atoms with E-state index in [1.54, 1.807) is 19.1 Å². The van der Waals surface area contributed by atoms with E-state index in [0.29, 0.717) is 24.9 Å². The Morgan fingerprint density at radius 2 is 2.12 bits per heavy atom. The zero-order valence-corrected chi connectivity index (χ0v) is 9.97. The van der Waals surface area contributed by atoms with E-state index in [1.165, 1.54) is 0 Å². The first-order valence-electron chi connectivity index (χ1n) is 5.44. The van der Waals surface area contributed by atoms with Gasteiger partial charge in [0.15, 0.2) is 0 Å². The highest BCUT2D eigenvalue weighted by molar-refractivity contribution is 5.19. The van der Waals surface area contributed by atoms with E-state index < -0.39 is 0 Å². The Balaban J connectivity index is 2.64. The van der Waals surface area contributed by atoms with Gasteiger partial charge >= 0.3 is 0 Å². The molecule has 4 heteroatoms. The van der Waals surface area contributed by atoms with Crippen LogP contribution in [0.1, 0.15) is 32.3 Å². The molecule has 0 fully saturated rings. The van der Waals surface area contributed by atoms with E-state index in [4.69, 9.17) is 9.68 Å². The van der Waals surface area contributed by atoms with Crippen LogP contribution in [-0.2, 0) is 6.54 Å². The Morgan fingerprint density at radius 3 is 2.56 bits per heavy atom. The Bertz CT molecular complexity index is 363. The summed E-state index contributed by atoms with van der Waals surface area (Å²) in [5.74, 6) is 1.08. The second-order valence-electron chi connectivity index (χ2n) is 4.25. The summed E-state index contributed by atoms with van der Waals surface area (Å²) >= 11 is 0. The van der Waals surface area contributed by atoms with Gasteiger partial charge < -0.3 is 9.52 Å². The number of nitriles is 1. The molecule has 1 aromatic heterocycles. The lowest BCUT2D eigenvalue weighted by Gasteiger charge is -2.26. The largest absolute Gasteiger partial charge is 0.449 e. The molecule has 16 heavy (non-hydrogen) atoms. The summed E-state index contributed by atoms with van der Waals surface area (Å²) in [7, 11) is 0. The molecular weight excluding hydrogens is 204 g/mol. The fourth-order valence-corrected chi connectivity index (χ4v) is 1.52. The maximum absolute atomic E-state index is 9.38. The van der Waals surface area contributed by atoms with E-state index in [2.05, 4.69) is 18.7 Å². The van der Waals surface area contributed by atoms with Crippen LogP contribution in [-0.4, -0.2) is 28.7 Å². The molecular formula is C12H18N2O2. The van der Waals surface area contributed by atoms with Crippen LogP contribution in [0.4, 0.5) is 0 Å². The highest BCUT2D eigenvalue weighted by atomic mass is 16.3. The molecule has 1 rings (SSSR count). The molecule has 1 atom stereocenters. The summed E-state index contributed by atoms with van der Waals surface area (Å²) in [4.78, 5) is 2.10. The first kappa shape index (κ1) is 12.8. The van der Waals surface area contributed by atoms with Crippen LogP contribution in [0.2, 0.25) is 0 Å². The van der Waals surface area contributed by atoms with Crippen molar-refractivity contribution in [3.63, 3.8) is 0 Å². The third-order valence-corrected chi connectivity index (χ3v) is 2.36. The summed E-state index contributed by atoms with van der Waals surface area (Å²) in [5.41, 5.74) is 0. The number of aliphatic hydroxyl groups excluding tert-OH is 1. The van der Waals surface area contributed by atoms with Crippen molar-refractivity contribution in [3.8, 4) is 6.07 Å². The Kier molecular flexibility index (Phi) is 4.53. The summed E-state index contributed by atoms with van der Waals surface area (Å²) in [5, 5.41) is 18.0. The molecule has 0 aromatic carbocycles. The third kappa shape index (κ3) is 3.69. The second-order valence-corrected chi connectivity index (χ2v) is 4.25. The van der Waals surface area contributed by atoms with Crippen molar-refractivity contribution in [2.24, 2.45) is 0 Å². The van der Waals surface area contributed by atoms with Gasteiger partial charge in [-0.1, -0.05) is 0 Å². The first-order valence-corrected chi connectivity index (χ1v) is 5.44. The minimum Gasteiger partial charge on any atom is -0.449 e. The molecule has 0 bridgehead atoms. The second kappa shape index (κ2) is 5.69. The molecule has 88 valence electrons. The molecule has 1 unspecified atom stereocenters. The topological polar surface area (TPSA) is 60.4 Å². The highest BCUT2D eigenvalue weighted by Gasteiger charge is 2.14. The van der Waals surface area contributed by atoms with Gasteiger partial charge in [0.1, 0.15) is 11.8 Å². The molecule has 0 saturated carbocycles. The lowest BCUT2D eigenvalue weighted by molar-refractivity contribution is 0.0974. The predicted octanol–water partition coefficient (Wildman–Crippen LogP) is 1.74. The van der Waals surface area contributed by atoms with Gasteiger partial charge in [-0.25, -0.2) is 0 Å². The highest BCUT2D eigenvalue weighted by Crippen LogP contribution is 2.12. The quantitative estimate of drug-likeness (QED) is 0.824. The molecule has 0 aliphatic carbocycles. The maximum atomic E-state index is 9.38. The van der Waals surface area contributed by atoms with E-state index >= 15 is 0 Å². The molecule has 0 aliphatic rings. The summed E-state index contributed by atoms with van der Waals surface area (Å²) in [6.45, 7) is 7.11. The molecule has 0 spiro atoms. The standard InChI is InChI=1S/C12H18N2O2/c1-9(2)14(7-10(3)15)8-12-5-4-11(6-13)16-12/h4-5,9-10,15H,7-8H2,1-3H3. The smallest absolute Gasteiger partial charge is 0.203 e. The number of aliphatic hydroxyl groups is 1. The molecule has 0 saturated heterocycles. The number of nitrogens with zero attached hydrogens (tertiary/aromatic N) is 2. The lowest BCUT2D eigenvalue weighted by Crippen LogP contribution is -2.35. The van der Waals surface area contributed by atoms with Crippen molar-refractivity contribution in [1.82, 2.24) is 4.90 Å². The number of rotatable bonds is 5.